The zero-order valence-electron chi connectivity index (χ0n) is 10.5. The molecule has 1 aromatic rings. The molecule has 98 valence electrons. The Morgan fingerprint density at radius 3 is 3.06 bits per heavy atom. The van der Waals surface area contributed by atoms with Crippen molar-refractivity contribution in [1.29, 1.82) is 0 Å². The largest absolute Gasteiger partial charge is 0.478 e. The maximum absolute atomic E-state index is 10.7. The van der Waals surface area contributed by atoms with Crippen LogP contribution in [-0.2, 0) is 11.3 Å². The Kier molecular flexibility index (Phi) is 4.28. The van der Waals surface area contributed by atoms with E-state index in [1.807, 2.05) is 0 Å². The number of methoxy groups -OCH3 is 1. The molecule has 1 aliphatic heterocycles. The number of aromatic nitrogens is 1. The monoisotopic (exact) mass is 250 g/mol. The van der Waals surface area contributed by atoms with Crippen LogP contribution in [0.2, 0.25) is 0 Å². The van der Waals surface area contributed by atoms with Gasteiger partial charge >= 0.3 is 5.97 Å². The van der Waals surface area contributed by atoms with Crippen LogP contribution in [0.1, 0.15) is 28.9 Å². The standard InChI is InChI=1S/C13H18N2O3/c1-18-12-3-2-6-15(9-12)8-11-5-4-10(7-14-11)13(16)17/h4-5,7,12H,2-3,6,8-9H2,1H3,(H,16,17). The van der Waals surface area contributed by atoms with Gasteiger partial charge in [0.2, 0.25) is 0 Å². The molecule has 1 fully saturated rings. The van der Waals surface area contributed by atoms with Gasteiger partial charge in [0.25, 0.3) is 0 Å². The topological polar surface area (TPSA) is 62.7 Å². The number of hydrogen-bond donors (Lipinski definition) is 1. The first-order chi connectivity index (χ1) is 8.69. The molecule has 0 bridgehead atoms. The van der Waals surface area contributed by atoms with E-state index in [0.717, 1.165) is 38.2 Å². The number of hydrogen-bond acceptors (Lipinski definition) is 4. The summed E-state index contributed by atoms with van der Waals surface area (Å²) in [7, 11) is 1.74. The molecule has 2 heterocycles. The Balaban J connectivity index is 1.94. The van der Waals surface area contributed by atoms with Gasteiger partial charge in [0.15, 0.2) is 0 Å². The predicted octanol–water partition coefficient (Wildman–Crippen LogP) is 1.39. The quantitative estimate of drug-likeness (QED) is 0.875. The van der Waals surface area contributed by atoms with Crippen molar-refractivity contribution in [2.75, 3.05) is 20.2 Å². The van der Waals surface area contributed by atoms with E-state index in [9.17, 15) is 4.79 Å². The first kappa shape index (κ1) is 13.0. The van der Waals surface area contributed by atoms with Crippen LogP contribution in [0, 0.1) is 0 Å². The number of pyridine rings is 1. The Morgan fingerprint density at radius 1 is 1.61 bits per heavy atom. The lowest BCUT2D eigenvalue weighted by molar-refractivity contribution is 0.0281. The number of carboxylic acids is 1. The van der Waals surface area contributed by atoms with Crippen molar-refractivity contribution in [3.8, 4) is 0 Å². The van der Waals surface area contributed by atoms with Crippen LogP contribution in [-0.4, -0.2) is 47.3 Å². The fourth-order valence-corrected chi connectivity index (χ4v) is 2.22. The Labute approximate surface area is 106 Å². The number of nitrogens with zero attached hydrogens (tertiary/aromatic N) is 2. The minimum Gasteiger partial charge on any atom is -0.478 e. The molecule has 0 spiro atoms. The molecule has 0 amide bonds. The molecular formula is C13H18N2O3. The van der Waals surface area contributed by atoms with Gasteiger partial charge in [0.05, 0.1) is 17.4 Å². The van der Waals surface area contributed by atoms with Gasteiger partial charge in [0, 0.05) is 26.4 Å². The number of likely N-dealkylation sites (tertiary alicyclic amines) is 1. The molecule has 0 aliphatic carbocycles. The highest BCUT2D eigenvalue weighted by atomic mass is 16.5. The molecule has 0 saturated carbocycles. The van der Waals surface area contributed by atoms with Crippen molar-refractivity contribution in [2.45, 2.75) is 25.5 Å². The predicted molar refractivity (Wildman–Crippen MR) is 66.5 cm³/mol. The third kappa shape index (κ3) is 3.27. The van der Waals surface area contributed by atoms with Crippen LogP contribution < -0.4 is 0 Å². The Bertz CT molecular complexity index is 405. The summed E-state index contributed by atoms with van der Waals surface area (Å²) >= 11 is 0. The molecule has 1 N–H and O–H groups in total. The van der Waals surface area contributed by atoms with E-state index in [2.05, 4.69) is 9.88 Å². The van der Waals surface area contributed by atoms with Crippen LogP contribution in [0.4, 0.5) is 0 Å². The number of ether oxygens (including phenoxy) is 1. The average Bonchev–Trinajstić information content (AvgIpc) is 2.39. The lowest BCUT2D eigenvalue weighted by atomic mass is 10.1. The Morgan fingerprint density at radius 2 is 2.44 bits per heavy atom. The second kappa shape index (κ2) is 5.93. The zero-order valence-corrected chi connectivity index (χ0v) is 10.5. The van der Waals surface area contributed by atoms with Crippen molar-refractivity contribution >= 4 is 5.97 Å². The normalized spacial score (nSPS) is 20.8. The second-order valence-corrected chi connectivity index (χ2v) is 4.58. The van der Waals surface area contributed by atoms with E-state index in [1.54, 1.807) is 19.2 Å². The first-order valence-electron chi connectivity index (χ1n) is 6.12. The molecule has 1 atom stereocenters. The van der Waals surface area contributed by atoms with E-state index in [-0.39, 0.29) is 5.56 Å². The minimum atomic E-state index is -0.938. The molecule has 2 rings (SSSR count). The second-order valence-electron chi connectivity index (χ2n) is 4.58. The van der Waals surface area contributed by atoms with Crippen LogP contribution in [0.3, 0.4) is 0 Å². The molecule has 5 nitrogen and oxygen atoms in total. The summed E-state index contributed by atoms with van der Waals surface area (Å²) in [5, 5.41) is 8.80. The van der Waals surface area contributed by atoms with E-state index in [0.29, 0.717) is 6.10 Å². The zero-order chi connectivity index (χ0) is 13.0. The highest BCUT2D eigenvalue weighted by molar-refractivity contribution is 5.87. The van der Waals surface area contributed by atoms with E-state index in [1.165, 1.54) is 6.20 Å². The van der Waals surface area contributed by atoms with Crippen molar-refractivity contribution in [3.63, 3.8) is 0 Å². The minimum absolute atomic E-state index is 0.229. The number of piperidine rings is 1. The van der Waals surface area contributed by atoms with E-state index < -0.39 is 5.97 Å². The average molecular weight is 250 g/mol. The van der Waals surface area contributed by atoms with Crippen LogP contribution >= 0.6 is 0 Å². The summed E-state index contributed by atoms with van der Waals surface area (Å²) in [5.74, 6) is -0.938. The van der Waals surface area contributed by atoms with Gasteiger partial charge in [-0.2, -0.15) is 0 Å². The number of rotatable bonds is 4. The summed E-state index contributed by atoms with van der Waals surface area (Å²) in [6.45, 7) is 2.71. The van der Waals surface area contributed by atoms with Gasteiger partial charge in [0.1, 0.15) is 0 Å². The molecule has 0 aromatic carbocycles. The van der Waals surface area contributed by atoms with Gasteiger partial charge in [-0.3, -0.25) is 9.88 Å². The third-order valence-electron chi connectivity index (χ3n) is 3.25. The highest BCUT2D eigenvalue weighted by Crippen LogP contribution is 2.14. The van der Waals surface area contributed by atoms with E-state index >= 15 is 0 Å². The number of carbonyl (C=O) groups is 1. The molecule has 1 saturated heterocycles. The van der Waals surface area contributed by atoms with Crippen LogP contribution in [0.25, 0.3) is 0 Å². The van der Waals surface area contributed by atoms with Crippen molar-refractivity contribution < 1.29 is 14.6 Å². The number of carboxylic acid groups (broad SMARTS) is 1. The van der Waals surface area contributed by atoms with E-state index in [4.69, 9.17) is 9.84 Å². The number of aromatic carboxylic acids is 1. The van der Waals surface area contributed by atoms with Crippen molar-refractivity contribution in [1.82, 2.24) is 9.88 Å². The van der Waals surface area contributed by atoms with Crippen molar-refractivity contribution in [3.05, 3.63) is 29.6 Å². The smallest absolute Gasteiger partial charge is 0.337 e. The summed E-state index contributed by atoms with van der Waals surface area (Å²) in [4.78, 5) is 17.2. The molecule has 1 aromatic heterocycles. The lowest BCUT2D eigenvalue weighted by Crippen LogP contribution is -2.38. The van der Waals surface area contributed by atoms with Gasteiger partial charge < -0.3 is 9.84 Å². The van der Waals surface area contributed by atoms with Crippen LogP contribution in [0.15, 0.2) is 18.3 Å². The maximum atomic E-state index is 10.7. The van der Waals surface area contributed by atoms with Crippen LogP contribution in [0.5, 0.6) is 0 Å². The lowest BCUT2D eigenvalue weighted by Gasteiger charge is -2.31. The molecule has 0 radical (unpaired) electrons. The fourth-order valence-electron chi connectivity index (χ4n) is 2.22. The summed E-state index contributed by atoms with van der Waals surface area (Å²) in [5.41, 5.74) is 1.13. The fraction of sp³-hybridized carbons (Fsp3) is 0.538. The highest BCUT2D eigenvalue weighted by Gasteiger charge is 2.19. The summed E-state index contributed by atoms with van der Waals surface area (Å²) in [6, 6.07) is 3.38. The maximum Gasteiger partial charge on any atom is 0.337 e. The third-order valence-corrected chi connectivity index (χ3v) is 3.25. The molecule has 1 unspecified atom stereocenters. The Hall–Kier alpha value is -1.46. The molecule has 5 heteroatoms. The molecular weight excluding hydrogens is 232 g/mol. The molecule has 18 heavy (non-hydrogen) atoms. The van der Waals surface area contributed by atoms with Crippen molar-refractivity contribution in [2.24, 2.45) is 0 Å². The summed E-state index contributed by atoms with van der Waals surface area (Å²) in [6.07, 6.45) is 3.96. The van der Waals surface area contributed by atoms with Gasteiger partial charge in [-0.25, -0.2) is 4.79 Å². The molecule has 1 aliphatic rings. The van der Waals surface area contributed by atoms with Gasteiger partial charge in [-0.05, 0) is 31.5 Å². The van der Waals surface area contributed by atoms with Gasteiger partial charge in [-0.15, -0.1) is 0 Å². The first-order valence-corrected chi connectivity index (χ1v) is 6.12. The van der Waals surface area contributed by atoms with Gasteiger partial charge in [-0.1, -0.05) is 0 Å². The SMILES string of the molecule is COC1CCCN(Cc2ccc(C(=O)O)cn2)C1. The summed E-state index contributed by atoms with van der Waals surface area (Å²) < 4.78 is 5.37.